The van der Waals surface area contributed by atoms with Crippen LogP contribution in [-0.2, 0) is 0 Å². The normalized spacial score (nSPS) is 11.2. The first kappa shape index (κ1) is 23.7. The molecule has 1 amide bonds. The molecule has 5 aromatic rings. The van der Waals surface area contributed by atoms with Crippen molar-refractivity contribution in [2.24, 2.45) is 0 Å². The van der Waals surface area contributed by atoms with Crippen molar-refractivity contribution in [2.75, 3.05) is 11.9 Å². The first-order chi connectivity index (χ1) is 16.9. The topological polar surface area (TPSA) is 68.5 Å². The van der Waals surface area contributed by atoms with E-state index in [-0.39, 0.29) is 27.1 Å². The summed E-state index contributed by atoms with van der Waals surface area (Å²) < 4.78 is 12.0. The second-order valence-corrected chi connectivity index (χ2v) is 9.82. The van der Waals surface area contributed by atoms with Crippen molar-refractivity contribution in [1.29, 1.82) is 0 Å². The highest BCUT2D eigenvalue weighted by Crippen LogP contribution is 2.42. The lowest BCUT2D eigenvalue weighted by molar-refractivity contribution is 0.101. The summed E-state index contributed by atoms with van der Waals surface area (Å²) in [5.41, 5.74) is 1.13. The lowest BCUT2D eigenvalue weighted by atomic mass is 10.1. The number of hydrogen-bond donors (Lipinski definition) is 1. The minimum absolute atomic E-state index is 0.0158. The number of amides is 1. The Morgan fingerprint density at radius 1 is 1.03 bits per heavy atom. The van der Waals surface area contributed by atoms with Gasteiger partial charge in [-0.25, -0.2) is 0 Å². The molecule has 3 aromatic carbocycles. The molecular formula is C26H16Cl3NO4S. The SMILES string of the molecule is CCOc1ccc(C(=O)c2oc3ccccc3c2NC(=O)c2sc3cc(Cl)cc(Cl)c3c2Cl)cc1. The Morgan fingerprint density at radius 3 is 2.51 bits per heavy atom. The van der Waals surface area contributed by atoms with Gasteiger partial charge in [0.1, 0.15) is 16.2 Å². The molecule has 9 heteroatoms. The summed E-state index contributed by atoms with van der Waals surface area (Å²) in [5.74, 6) is -0.199. The summed E-state index contributed by atoms with van der Waals surface area (Å²) in [6.07, 6.45) is 0. The molecule has 2 heterocycles. The van der Waals surface area contributed by atoms with Gasteiger partial charge in [0.15, 0.2) is 5.76 Å². The summed E-state index contributed by atoms with van der Waals surface area (Å²) in [6, 6.07) is 17.1. The van der Waals surface area contributed by atoms with Crippen LogP contribution in [0, 0.1) is 0 Å². The van der Waals surface area contributed by atoms with Crippen molar-refractivity contribution in [2.45, 2.75) is 6.92 Å². The molecule has 0 fully saturated rings. The maximum atomic E-state index is 13.4. The lowest BCUT2D eigenvalue weighted by Crippen LogP contribution is -2.13. The third kappa shape index (κ3) is 4.39. The van der Waals surface area contributed by atoms with Crippen LogP contribution in [0.25, 0.3) is 21.1 Å². The van der Waals surface area contributed by atoms with Crippen LogP contribution in [-0.4, -0.2) is 18.3 Å². The van der Waals surface area contributed by atoms with Gasteiger partial charge in [-0.05, 0) is 55.5 Å². The maximum absolute atomic E-state index is 13.4. The van der Waals surface area contributed by atoms with Crippen LogP contribution in [0.5, 0.6) is 5.75 Å². The number of furan rings is 1. The number of carbonyl (C=O) groups is 2. The first-order valence-corrected chi connectivity index (χ1v) is 12.5. The largest absolute Gasteiger partial charge is 0.494 e. The van der Waals surface area contributed by atoms with E-state index in [0.29, 0.717) is 49.0 Å². The maximum Gasteiger partial charge on any atom is 0.267 e. The van der Waals surface area contributed by atoms with E-state index in [4.69, 9.17) is 44.0 Å². The van der Waals surface area contributed by atoms with Crippen LogP contribution < -0.4 is 10.1 Å². The second-order valence-electron chi connectivity index (χ2n) is 7.55. The summed E-state index contributed by atoms with van der Waals surface area (Å²) in [4.78, 5) is 27.0. The number of ether oxygens (including phenoxy) is 1. The zero-order chi connectivity index (χ0) is 24.7. The van der Waals surface area contributed by atoms with E-state index in [2.05, 4.69) is 5.32 Å². The molecule has 5 nitrogen and oxygen atoms in total. The molecule has 35 heavy (non-hydrogen) atoms. The molecule has 1 N–H and O–H groups in total. The van der Waals surface area contributed by atoms with E-state index in [1.807, 2.05) is 6.92 Å². The van der Waals surface area contributed by atoms with Gasteiger partial charge in [-0.2, -0.15) is 0 Å². The van der Waals surface area contributed by atoms with Crippen LogP contribution in [0.2, 0.25) is 15.1 Å². The summed E-state index contributed by atoms with van der Waals surface area (Å²) in [5, 5.41) is 5.00. The third-order valence-corrected chi connectivity index (χ3v) is 7.47. The summed E-state index contributed by atoms with van der Waals surface area (Å²) >= 11 is 20.1. The average molecular weight is 545 g/mol. The molecule has 0 aliphatic carbocycles. The van der Waals surface area contributed by atoms with Gasteiger partial charge in [0.05, 0.1) is 22.3 Å². The van der Waals surface area contributed by atoms with Crippen LogP contribution in [0.1, 0.15) is 32.7 Å². The molecule has 0 aliphatic rings. The number of benzene rings is 3. The monoisotopic (exact) mass is 543 g/mol. The Bertz CT molecular complexity index is 1610. The molecule has 0 radical (unpaired) electrons. The van der Waals surface area contributed by atoms with Crippen molar-refractivity contribution < 1.29 is 18.7 Å². The number of fused-ring (bicyclic) bond motifs is 2. The van der Waals surface area contributed by atoms with Gasteiger partial charge >= 0.3 is 0 Å². The number of hydrogen-bond acceptors (Lipinski definition) is 5. The number of rotatable bonds is 6. The van der Waals surface area contributed by atoms with Crippen LogP contribution >= 0.6 is 46.1 Å². The summed E-state index contributed by atoms with van der Waals surface area (Å²) in [7, 11) is 0. The highest BCUT2D eigenvalue weighted by Gasteiger charge is 2.26. The first-order valence-electron chi connectivity index (χ1n) is 10.5. The van der Waals surface area contributed by atoms with Crippen molar-refractivity contribution in [3.63, 3.8) is 0 Å². The Balaban J connectivity index is 1.56. The van der Waals surface area contributed by atoms with Crippen LogP contribution in [0.3, 0.4) is 0 Å². The van der Waals surface area contributed by atoms with E-state index in [1.165, 1.54) is 0 Å². The van der Waals surface area contributed by atoms with Gasteiger partial charge in [0.25, 0.3) is 5.91 Å². The molecule has 2 aromatic heterocycles. The highest BCUT2D eigenvalue weighted by atomic mass is 35.5. The number of para-hydroxylation sites is 1. The van der Waals surface area contributed by atoms with Gasteiger partial charge in [-0.1, -0.05) is 46.9 Å². The zero-order valence-corrected chi connectivity index (χ0v) is 21.2. The molecular weight excluding hydrogens is 529 g/mol. The summed E-state index contributed by atoms with van der Waals surface area (Å²) in [6.45, 7) is 2.40. The van der Waals surface area contributed by atoms with Gasteiger partial charge in [0.2, 0.25) is 5.78 Å². The van der Waals surface area contributed by atoms with Crippen molar-refractivity contribution in [1.82, 2.24) is 0 Å². The van der Waals surface area contributed by atoms with Crippen LogP contribution in [0.15, 0.2) is 65.1 Å². The molecule has 0 saturated heterocycles. The van der Waals surface area contributed by atoms with E-state index in [1.54, 1.807) is 60.7 Å². The highest BCUT2D eigenvalue weighted by molar-refractivity contribution is 7.21. The van der Waals surface area contributed by atoms with E-state index < -0.39 is 5.91 Å². The molecule has 176 valence electrons. The molecule has 0 bridgehead atoms. The quantitative estimate of drug-likeness (QED) is 0.218. The lowest BCUT2D eigenvalue weighted by Gasteiger charge is -2.07. The Kier molecular flexibility index (Phi) is 6.47. The standard InChI is InChI=1S/C26H16Cl3NO4S/c1-2-33-15-9-7-13(8-10-15)23(31)24-22(16-5-3-4-6-18(16)34-24)30-26(32)25-21(29)20-17(28)11-14(27)12-19(20)35-25/h3-12H,2H2,1H3,(H,30,32). The molecule has 0 aliphatic heterocycles. The average Bonchev–Trinajstić information content (AvgIpc) is 3.37. The van der Waals surface area contributed by atoms with Crippen molar-refractivity contribution in [3.8, 4) is 5.75 Å². The molecule has 5 rings (SSSR count). The minimum atomic E-state index is -0.490. The predicted molar refractivity (Wildman–Crippen MR) is 142 cm³/mol. The number of nitrogens with one attached hydrogen (secondary N) is 1. The minimum Gasteiger partial charge on any atom is -0.494 e. The van der Waals surface area contributed by atoms with Crippen LogP contribution in [0.4, 0.5) is 5.69 Å². The van der Waals surface area contributed by atoms with E-state index in [9.17, 15) is 9.59 Å². The van der Waals surface area contributed by atoms with Gasteiger partial charge < -0.3 is 14.5 Å². The molecule has 0 atom stereocenters. The van der Waals surface area contributed by atoms with Gasteiger partial charge in [-0.3, -0.25) is 9.59 Å². The Labute approximate surface area is 219 Å². The molecule has 0 spiro atoms. The fraction of sp³-hybridized carbons (Fsp3) is 0.0769. The fourth-order valence-corrected chi connectivity index (χ4v) is 6.03. The zero-order valence-electron chi connectivity index (χ0n) is 18.2. The fourth-order valence-electron chi connectivity index (χ4n) is 3.76. The second kappa shape index (κ2) is 9.55. The third-order valence-electron chi connectivity index (χ3n) is 5.32. The smallest absolute Gasteiger partial charge is 0.267 e. The Morgan fingerprint density at radius 2 is 1.77 bits per heavy atom. The van der Waals surface area contributed by atoms with Gasteiger partial charge in [0, 0.05) is 26.1 Å². The number of ketones is 1. The van der Waals surface area contributed by atoms with E-state index >= 15 is 0 Å². The van der Waals surface area contributed by atoms with Crippen molar-refractivity contribution in [3.05, 3.63) is 91.9 Å². The van der Waals surface area contributed by atoms with Gasteiger partial charge in [-0.15, -0.1) is 11.3 Å². The number of thiophene rings is 1. The predicted octanol–water partition coefficient (Wildman–Crippen LogP) is 8.49. The molecule has 0 unspecified atom stereocenters. The van der Waals surface area contributed by atoms with E-state index in [0.717, 1.165) is 11.3 Å². The Hall–Kier alpha value is -3.03. The molecule has 0 saturated carbocycles. The van der Waals surface area contributed by atoms with Crippen molar-refractivity contribution >= 4 is 84.6 Å². The number of halogens is 3. The number of carbonyl (C=O) groups excluding carboxylic acids is 2. The number of anilines is 1.